The summed E-state index contributed by atoms with van der Waals surface area (Å²) in [4.78, 5) is 30.2. The van der Waals surface area contributed by atoms with Crippen molar-refractivity contribution < 1.29 is 14.3 Å². The van der Waals surface area contributed by atoms with Crippen molar-refractivity contribution in [1.29, 1.82) is 0 Å². The number of nitrogens with zero attached hydrogens (tertiary/aromatic N) is 1. The number of para-hydroxylation sites is 1. The molecule has 1 aromatic carbocycles. The monoisotopic (exact) mass is 368 g/mol. The lowest BCUT2D eigenvalue weighted by atomic mass is 9.84. The summed E-state index contributed by atoms with van der Waals surface area (Å²) in [5, 5.41) is 3.64. The van der Waals surface area contributed by atoms with Crippen LogP contribution in [0.2, 0.25) is 0 Å². The molecule has 0 radical (unpaired) electrons. The van der Waals surface area contributed by atoms with E-state index < -0.39 is 12.1 Å². The van der Waals surface area contributed by atoms with Crippen LogP contribution in [0.3, 0.4) is 0 Å². The lowest BCUT2D eigenvalue weighted by molar-refractivity contribution is -0.130. The van der Waals surface area contributed by atoms with Gasteiger partial charge < -0.3 is 10.1 Å². The van der Waals surface area contributed by atoms with Gasteiger partial charge in [-0.3, -0.25) is 9.78 Å². The first-order valence-corrected chi connectivity index (χ1v) is 9.59. The van der Waals surface area contributed by atoms with Gasteiger partial charge >= 0.3 is 5.97 Å². The van der Waals surface area contributed by atoms with Crippen LogP contribution < -0.4 is 5.32 Å². The van der Waals surface area contributed by atoms with E-state index in [2.05, 4.69) is 12.2 Å². The van der Waals surface area contributed by atoms with Gasteiger partial charge in [0.05, 0.1) is 11.1 Å². The minimum atomic E-state index is -0.861. The largest absolute Gasteiger partial charge is 0.449 e. The molecule has 1 N–H and O–H groups in total. The smallest absolute Gasteiger partial charge is 0.339 e. The number of hydrogen-bond donors (Lipinski definition) is 1. The SMILES string of the molecule is C[C@@H]1CCc2nc3ccccc3c(C(=O)O[C@H](C)C(=O)NC(C)(C)C)c2C1. The van der Waals surface area contributed by atoms with Crippen LogP contribution >= 0.6 is 0 Å². The summed E-state index contributed by atoms with van der Waals surface area (Å²) in [6, 6.07) is 7.63. The normalized spacial score (nSPS) is 17.9. The van der Waals surface area contributed by atoms with Crippen LogP contribution in [-0.2, 0) is 22.4 Å². The van der Waals surface area contributed by atoms with E-state index in [1.54, 1.807) is 6.92 Å². The quantitative estimate of drug-likeness (QED) is 0.836. The van der Waals surface area contributed by atoms with Gasteiger partial charge in [-0.1, -0.05) is 25.1 Å². The molecule has 5 nitrogen and oxygen atoms in total. The molecule has 2 aromatic rings. The minimum absolute atomic E-state index is 0.295. The van der Waals surface area contributed by atoms with Gasteiger partial charge in [-0.05, 0) is 64.5 Å². The van der Waals surface area contributed by atoms with Crippen molar-refractivity contribution in [2.75, 3.05) is 0 Å². The number of fused-ring (bicyclic) bond motifs is 2. The van der Waals surface area contributed by atoms with E-state index in [9.17, 15) is 9.59 Å². The molecule has 2 atom stereocenters. The molecule has 1 aliphatic rings. The van der Waals surface area contributed by atoms with Crippen LogP contribution in [0.25, 0.3) is 10.9 Å². The van der Waals surface area contributed by atoms with Gasteiger partial charge in [0, 0.05) is 16.6 Å². The van der Waals surface area contributed by atoms with Crippen LogP contribution in [-0.4, -0.2) is 28.5 Å². The third-order valence-corrected chi connectivity index (χ3v) is 4.86. The van der Waals surface area contributed by atoms with Crippen LogP contribution in [0.5, 0.6) is 0 Å². The Morgan fingerprint density at radius 1 is 1.26 bits per heavy atom. The summed E-state index contributed by atoms with van der Waals surface area (Å²) in [5.41, 5.74) is 2.93. The molecule has 0 spiro atoms. The van der Waals surface area contributed by atoms with E-state index in [1.165, 1.54) is 0 Å². The van der Waals surface area contributed by atoms with Gasteiger partial charge in [0.1, 0.15) is 0 Å². The van der Waals surface area contributed by atoms with Crippen molar-refractivity contribution in [2.24, 2.45) is 5.92 Å². The van der Waals surface area contributed by atoms with Gasteiger partial charge in [0.2, 0.25) is 0 Å². The minimum Gasteiger partial charge on any atom is -0.449 e. The number of nitrogens with one attached hydrogen (secondary N) is 1. The lowest BCUT2D eigenvalue weighted by Gasteiger charge is -2.25. The second-order valence-electron chi connectivity index (χ2n) is 8.56. The second kappa shape index (κ2) is 7.29. The van der Waals surface area contributed by atoms with Crippen LogP contribution in [0.15, 0.2) is 24.3 Å². The highest BCUT2D eigenvalue weighted by atomic mass is 16.5. The molecule has 1 aliphatic carbocycles. The third kappa shape index (κ3) is 4.29. The Hall–Kier alpha value is -2.43. The summed E-state index contributed by atoms with van der Waals surface area (Å²) in [6.07, 6.45) is 1.87. The van der Waals surface area contributed by atoms with Crippen LogP contribution in [0.4, 0.5) is 0 Å². The molecule has 5 heteroatoms. The predicted molar refractivity (Wildman–Crippen MR) is 106 cm³/mol. The van der Waals surface area contributed by atoms with E-state index in [0.717, 1.165) is 41.4 Å². The maximum absolute atomic E-state index is 13.1. The number of esters is 1. The average molecular weight is 368 g/mol. The fourth-order valence-electron chi connectivity index (χ4n) is 3.54. The number of carbonyl (C=O) groups excluding carboxylic acids is 2. The Labute approximate surface area is 160 Å². The van der Waals surface area contributed by atoms with E-state index in [0.29, 0.717) is 11.5 Å². The highest BCUT2D eigenvalue weighted by Gasteiger charge is 2.29. The molecule has 0 aliphatic heterocycles. The Balaban J connectivity index is 1.96. The molecule has 0 bridgehead atoms. The molecule has 144 valence electrons. The number of hydrogen-bond acceptors (Lipinski definition) is 4. The van der Waals surface area contributed by atoms with Crippen molar-refractivity contribution in [3.63, 3.8) is 0 Å². The summed E-state index contributed by atoms with van der Waals surface area (Å²) in [7, 11) is 0. The zero-order chi connectivity index (χ0) is 19.8. The van der Waals surface area contributed by atoms with Crippen molar-refractivity contribution in [2.45, 2.75) is 65.5 Å². The summed E-state index contributed by atoms with van der Waals surface area (Å²) in [5.74, 6) is -0.249. The predicted octanol–water partition coefficient (Wildman–Crippen LogP) is 3.82. The molecule has 0 fully saturated rings. The van der Waals surface area contributed by atoms with E-state index >= 15 is 0 Å². The number of rotatable bonds is 3. The zero-order valence-corrected chi connectivity index (χ0v) is 16.8. The van der Waals surface area contributed by atoms with Gasteiger partial charge in [-0.2, -0.15) is 0 Å². The number of carbonyl (C=O) groups is 2. The Morgan fingerprint density at radius 3 is 2.67 bits per heavy atom. The second-order valence-corrected chi connectivity index (χ2v) is 8.56. The highest BCUT2D eigenvalue weighted by Crippen LogP contribution is 2.32. The molecule has 0 unspecified atom stereocenters. The Morgan fingerprint density at radius 2 is 1.96 bits per heavy atom. The number of amides is 1. The molecule has 1 aromatic heterocycles. The first-order chi connectivity index (χ1) is 12.7. The maximum Gasteiger partial charge on any atom is 0.339 e. The number of benzene rings is 1. The fourth-order valence-corrected chi connectivity index (χ4v) is 3.54. The topological polar surface area (TPSA) is 68.3 Å². The molecule has 1 amide bonds. The number of aromatic nitrogens is 1. The number of pyridine rings is 1. The average Bonchev–Trinajstić information content (AvgIpc) is 2.58. The van der Waals surface area contributed by atoms with Gasteiger partial charge in [0.15, 0.2) is 6.10 Å². The van der Waals surface area contributed by atoms with E-state index in [1.807, 2.05) is 45.0 Å². The molecule has 0 saturated heterocycles. The van der Waals surface area contributed by atoms with Crippen LogP contribution in [0.1, 0.15) is 62.7 Å². The summed E-state index contributed by atoms with van der Waals surface area (Å²) < 4.78 is 5.57. The van der Waals surface area contributed by atoms with Crippen molar-refractivity contribution in [1.82, 2.24) is 10.3 Å². The van der Waals surface area contributed by atoms with Gasteiger partial charge in [-0.15, -0.1) is 0 Å². The van der Waals surface area contributed by atoms with Crippen molar-refractivity contribution in [3.8, 4) is 0 Å². The number of aryl methyl sites for hydroxylation is 1. The van der Waals surface area contributed by atoms with Gasteiger partial charge in [-0.25, -0.2) is 4.79 Å². The highest BCUT2D eigenvalue weighted by molar-refractivity contribution is 6.05. The molecule has 0 saturated carbocycles. The Kier molecular flexibility index (Phi) is 5.22. The van der Waals surface area contributed by atoms with Crippen molar-refractivity contribution >= 4 is 22.8 Å². The molecular weight excluding hydrogens is 340 g/mol. The van der Waals surface area contributed by atoms with E-state index in [-0.39, 0.29) is 11.4 Å². The lowest BCUT2D eigenvalue weighted by Crippen LogP contribution is -2.46. The molecule has 27 heavy (non-hydrogen) atoms. The molecular formula is C22H28N2O3. The maximum atomic E-state index is 13.1. The molecule has 3 rings (SSSR count). The Bertz CT molecular complexity index is 883. The zero-order valence-electron chi connectivity index (χ0n) is 16.8. The van der Waals surface area contributed by atoms with Crippen molar-refractivity contribution in [3.05, 3.63) is 41.1 Å². The first-order valence-electron chi connectivity index (χ1n) is 9.59. The van der Waals surface area contributed by atoms with E-state index in [4.69, 9.17) is 9.72 Å². The van der Waals surface area contributed by atoms with Gasteiger partial charge in [0.25, 0.3) is 5.91 Å². The third-order valence-electron chi connectivity index (χ3n) is 4.86. The van der Waals surface area contributed by atoms with Crippen LogP contribution in [0, 0.1) is 5.92 Å². The number of ether oxygens (including phenoxy) is 1. The summed E-state index contributed by atoms with van der Waals surface area (Å²) >= 11 is 0. The summed E-state index contributed by atoms with van der Waals surface area (Å²) in [6.45, 7) is 9.48. The standard InChI is InChI=1S/C22H28N2O3/c1-13-10-11-18-16(12-13)19(15-8-6-7-9-17(15)23-18)21(26)27-14(2)20(25)24-22(3,4)5/h6-9,13-14H,10-12H2,1-5H3,(H,24,25)/t13-,14-/m1/s1. The first kappa shape index (κ1) is 19.3. The molecule has 1 heterocycles. The fraction of sp³-hybridized carbons (Fsp3) is 0.500.